The number of benzene rings is 1. The van der Waals surface area contributed by atoms with Gasteiger partial charge in [0.15, 0.2) is 0 Å². The molecule has 0 saturated heterocycles. The van der Waals surface area contributed by atoms with Crippen LogP contribution in [-0.2, 0) is 11.2 Å². The molecule has 1 fully saturated rings. The normalized spacial score (nSPS) is 18.2. The SMILES string of the molecule is NCC1(C(=O)Cc2ccc(Br)cc2)CCCC1. The Morgan fingerprint density at radius 2 is 1.82 bits per heavy atom. The van der Waals surface area contributed by atoms with Crippen LogP contribution >= 0.6 is 15.9 Å². The second-order valence-electron chi connectivity index (χ2n) is 4.92. The molecular weight excluding hydrogens is 278 g/mol. The van der Waals surface area contributed by atoms with Crippen molar-refractivity contribution in [2.24, 2.45) is 11.1 Å². The molecular formula is C14H18BrNO. The van der Waals surface area contributed by atoms with Crippen molar-refractivity contribution in [1.29, 1.82) is 0 Å². The molecule has 1 saturated carbocycles. The molecule has 1 aromatic rings. The zero-order valence-electron chi connectivity index (χ0n) is 9.92. The Morgan fingerprint density at radius 1 is 1.24 bits per heavy atom. The first kappa shape index (κ1) is 12.8. The Balaban J connectivity index is 2.08. The fourth-order valence-electron chi connectivity index (χ4n) is 2.62. The number of ketones is 1. The molecule has 17 heavy (non-hydrogen) atoms. The average Bonchev–Trinajstić information content (AvgIpc) is 2.82. The number of rotatable bonds is 4. The molecule has 1 aromatic carbocycles. The number of halogens is 1. The van der Waals surface area contributed by atoms with Gasteiger partial charge in [-0.25, -0.2) is 0 Å². The van der Waals surface area contributed by atoms with Crippen LogP contribution in [0.2, 0.25) is 0 Å². The molecule has 1 aliphatic rings. The molecule has 0 aliphatic heterocycles. The quantitative estimate of drug-likeness (QED) is 0.928. The van der Waals surface area contributed by atoms with Crippen molar-refractivity contribution in [3.63, 3.8) is 0 Å². The summed E-state index contributed by atoms with van der Waals surface area (Å²) in [7, 11) is 0. The largest absolute Gasteiger partial charge is 0.329 e. The summed E-state index contributed by atoms with van der Waals surface area (Å²) in [6.07, 6.45) is 4.74. The van der Waals surface area contributed by atoms with E-state index < -0.39 is 0 Å². The minimum Gasteiger partial charge on any atom is -0.329 e. The second-order valence-corrected chi connectivity index (χ2v) is 5.83. The van der Waals surface area contributed by atoms with E-state index in [0.717, 1.165) is 35.7 Å². The standard InChI is InChI=1S/C14H18BrNO/c15-12-5-3-11(4-6-12)9-13(17)14(10-16)7-1-2-8-14/h3-6H,1-2,7-10,16H2. The van der Waals surface area contributed by atoms with Crippen LogP contribution in [0, 0.1) is 5.41 Å². The van der Waals surface area contributed by atoms with Crippen molar-refractivity contribution in [1.82, 2.24) is 0 Å². The van der Waals surface area contributed by atoms with E-state index >= 15 is 0 Å². The third-order valence-corrected chi connectivity index (χ3v) is 4.35. The van der Waals surface area contributed by atoms with Gasteiger partial charge in [0.25, 0.3) is 0 Å². The van der Waals surface area contributed by atoms with Crippen LogP contribution in [0.25, 0.3) is 0 Å². The molecule has 2 rings (SSSR count). The van der Waals surface area contributed by atoms with Gasteiger partial charge in [0, 0.05) is 22.9 Å². The van der Waals surface area contributed by atoms with Gasteiger partial charge in [-0.15, -0.1) is 0 Å². The number of hydrogen-bond donors (Lipinski definition) is 1. The van der Waals surface area contributed by atoms with Crippen molar-refractivity contribution in [2.45, 2.75) is 32.1 Å². The molecule has 0 heterocycles. The number of hydrogen-bond acceptors (Lipinski definition) is 2. The first-order valence-electron chi connectivity index (χ1n) is 6.14. The Bertz CT molecular complexity index is 393. The van der Waals surface area contributed by atoms with E-state index in [0.29, 0.717) is 18.7 Å². The third kappa shape index (κ3) is 2.78. The van der Waals surface area contributed by atoms with Crippen LogP contribution in [0.4, 0.5) is 0 Å². The zero-order chi connectivity index (χ0) is 12.3. The molecule has 0 amide bonds. The smallest absolute Gasteiger partial charge is 0.144 e. The minimum absolute atomic E-state index is 0.229. The van der Waals surface area contributed by atoms with Gasteiger partial charge in [-0.2, -0.15) is 0 Å². The first-order chi connectivity index (χ1) is 8.16. The number of carbonyl (C=O) groups excluding carboxylic acids is 1. The van der Waals surface area contributed by atoms with Gasteiger partial charge in [0.1, 0.15) is 5.78 Å². The highest BCUT2D eigenvalue weighted by Crippen LogP contribution is 2.38. The zero-order valence-corrected chi connectivity index (χ0v) is 11.5. The van der Waals surface area contributed by atoms with Crippen molar-refractivity contribution >= 4 is 21.7 Å². The monoisotopic (exact) mass is 295 g/mol. The highest BCUT2D eigenvalue weighted by molar-refractivity contribution is 9.10. The summed E-state index contributed by atoms with van der Waals surface area (Å²) in [6, 6.07) is 7.96. The molecule has 2 nitrogen and oxygen atoms in total. The van der Waals surface area contributed by atoms with E-state index in [1.165, 1.54) is 0 Å². The molecule has 0 atom stereocenters. The third-order valence-electron chi connectivity index (χ3n) is 3.82. The van der Waals surface area contributed by atoms with Crippen LogP contribution in [-0.4, -0.2) is 12.3 Å². The summed E-state index contributed by atoms with van der Waals surface area (Å²) in [5.74, 6) is 0.319. The lowest BCUT2D eigenvalue weighted by atomic mass is 9.79. The first-order valence-corrected chi connectivity index (χ1v) is 6.93. The predicted molar refractivity (Wildman–Crippen MR) is 72.8 cm³/mol. The van der Waals surface area contributed by atoms with Gasteiger partial charge in [-0.05, 0) is 30.5 Å². The lowest BCUT2D eigenvalue weighted by Gasteiger charge is -2.25. The van der Waals surface area contributed by atoms with Gasteiger partial charge >= 0.3 is 0 Å². The van der Waals surface area contributed by atoms with E-state index in [9.17, 15) is 4.79 Å². The number of carbonyl (C=O) groups is 1. The Morgan fingerprint density at radius 3 is 2.35 bits per heavy atom. The van der Waals surface area contributed by atoms with Gasteiger partial charge < -0.3 is 5.73 Å². The lowest BCUT2D eigenvalue weighted by Crippen LogP contribution is -2.37. The lowest BCUT2D eigenvalue weighted by molar-refractivity contribution is -0.127. The molecule has 2 N–H and O–H groups in total. The summed E-state index contributed by atoms with van der Waals surface area (Å²) < 4.78 is 1.04. The minimum atomic E-state index is -0.229. The highest BCUT2D eigenvalue weighted by atomic mass is 79.9. The van der Waals surface area contributed by atoms with E-state index in [1.54, 1.807) is 0 Å². The molecule has 0 aromatic heterocycles. The molecule has 0 spiro atoms. The van der Waals surface area contributed by atoms with E-state index in [2.05, 4.69) is 15.9 Å². The Labute approximate surface area is 111 Å². The number of nitrogens with two attached hydrogens (primary N) is 1. The molecule has 1 aliphatic carbocycles. The maximum absolute atomic E-state index is 12.4. The fraction of sp³-hybridized carbons (Fsp3) is 0.500. The fourth-order valence-corrected chi connectivity index (χ4v) is 2.89. The summed E-state index contributed by atoms with van der Waals surface area (Å²) in [6.45, 7) is 0.502. The molecule has 0 unspecified atom stereocenters. The predicted octanol–water partition coefficient (Wildman–Crippen LogP) is 3.08. The van der Waals surface area contributed by atoms with Crippen molar-refractivity contribution in [2.75, 3.05) is 6.54 Å². The molecule has 0 radical (unpaired) electrons. The maximum atomic E-state index is 12.4. The van der Waals surface area contributed by atoms with Crippen LogP contribution in [0.1, 0.15) is 31.2 Å². The Kier molecular flexibility index (Phi) is 4.00. The van der Waals surface area contributed by atoms with Crippen molar-refractivity contribution in [3.05, 3.63) is 34.3 Å². The van der Waals surface area contributed by atoms with Crippen LogP contribution < -0.4 is 5.73 Å². The molecule has 92 valence electrons. The van der Waals surface area contributed by atoms with Gasteiger partial charge in [0.2, 0.25) is 0 Å². The van der Waals surface area contributed by atoms with Crippen LogP contribution in [0.5, 0.6) is 0 Å². The van der Waals surface area contributed by atoms with Crippen molar-refractivity contribution < 1.29 is 4.79 Å². The van der Waals surface area contributed by atoms with Crippen LogP contribution in [0.3, 0.4) is 0 Å². The summed E-state index contributed by atoms with van der Waals surface area (Å²) in [4.78, 5) is 12.4. The summed E-state index contributed by atoms with van der Waals surface area (Å²) in [5.41, 5.74) is 6.67. The van der Waals surface area contributed by atoms with E-state index in [4.69, 9.17) is 5.73 Å². The summed E-state index contributed by atoms with van der Waals surface area (Å²) >= 11 is 3.40. The van der Waals surface area contributed by atoms with E-state index in [1.807, 2.05) is 24.3 Å². The topological polar surface area (TPSA) is 43.1 Å². The average molecular weight is 296 g/mol. The molecule has 0 bridgehead atoms. The highest BCUT2D eigenvalue weighted by Gasteiger charge is 2.38. The Hall–Kier alpha value is -0.670. The molecule has 3 heteroatoms. The van der Waals surface area contributed by atoms with Gasteiger partial charge in [-0.3, -0.25) is 4.79 Å². The second kappa shape index (κ2) is 5.32. The summed E-state index contributed by atoms with van der Waals surface area (Å²) in [5, 5.41) is 0. The van der Waals surface area contributed by atoms with Gasteiger partial charge in [-0.1, -0.05) is 40.9 Å². The van der Waals surface area contributed by atoms with E-state index in [-0.39, 0.29) is 5.41 Å². The number of Topliss-reactive ketones (excluding diaryl/α,β-unsaturated/α-hetero) is 1. The van der Waals surface area contributed by atoms with Crippen molar-refractivity contribution in [3.8, 4) is 0 Å². The van der Waals surface area contributed by atoms with Gasteiger partial charge in [0.05, 0.1) is 0 Å². The van der Waals surface area contributed by atoms with Crippen LogP contribution in [0.15, 0.2) is 28.7 Å². The maximum Gasteiger partial charge on any atom is 0.144 e.